The van der Waals surface area contributed by atoms with E-state index >= 15 is 4.39 Å². The molecule has 37 heavy (non-hydrogen) atoms. The van der Waals surface area contributed by atoms with Gasteiger partial charge in [0.2, 0.25) is 5.95 Å². The first-order valence-electron chi connectivity index (χ1n) is 13.6. The number of hydrogen-bond acceptors (Lipinski definition) is 4. The number of imidazole rings is 1. The summed E-state index contributed by atoms with van der Waals surface area (Å²) in [7, 11) is 0. The fraction of sp³-hybridized carbons (Fsp3) is 0.448. The van der Waals surface area contributed by atoms with Crippen LogP contribution in [0.3, 0.4) is 0 Å². The summed E-state index contributed by atoms with van der Waals surface area (Å²) in [6, 6.07) is 16.0. The molecule has 0 spiro atoms. The van der Waals surface area contributed by atoms with Crippen molar-refractivity contribution in [2.75, 3.05) is 0 Å². The van der Waals surface area contributed by atoms with E-state index in [1.54, 1.807) is 4.57 Å². The number of hydrogen-bond donors (Lipinski definition) is 1. The normalized spacial score (nSPS) is 14.3. The molecule has 0 bridgehead atoms. The van der Waals surface area contributed by atoms with Gasteiger partial charge in [0.1, 0.15) is 0 Å². The predicted molar refractivity (Wildman–Crippen MR) is 143 cm³/mol. The molecule has 7 nitrogen and oxygen atoms in total. The summed E-state index contributed by atoms with van der Waals surface area (Å²) in [5.41, 5.74) is 4.20. The quantitative estimate of drug-likeness (QED) is 0.288. The lowest BCUT2D eigenvalue weighted by atomic mass is 9.87. The molecule has 0 atom stereocenters. The van der Waals surface area contributed by atoms with Gasteiger partial charge < -0.3 is 0 Å². The second-order valence-electron chi connectivity index (χ2n) is 10.1. The standard InChI is InChI=1S/C29H35FN6O/c1-2-3-13-26-27(30)35(19-18-21-9-5-4-6-10-21)29(37)36(26)20-22-14-16-23(17-15-22)24-11-7-8-12-25(24)28-31-33-34-32-28/h7-8,11-12,14-17,21H,2-6,9-10,13,18-20H2,1H3,(H,31,32,33,34). The molecule has 0 aliphatic heterocycles. The Balaban J connectivity index is 1.39. The minimum Gasteiger partial charge on any atom is -0.289 e. The van der Waals surface area contributed by atoms with Crippen molar-refractivity contribution in [1.82, 2.24) is 29.8 Å². The van der Waals surface area contributed by atoms with Gasteiger partial charge in [-0.1, -0.05) is 94.0 Å². The average molecular weight is 503 g/mol. The van der Waals surface area contributed by atoms with Gasteiger partial charge in [0.05, 0.1) is 12.2 Å². The third-order valence-corrected chi connectivity index (χ3v) is 7.65. The highest BCUT2D eigenvalue weighted by molar-refractivity contribution is 5.80. The van der Waals surface area contributed by atoms with E-state index in [1.807, 2.05) is 48.5 Å². The molecule has 1 fully saturated rings. The molecular formula is C29H35FN6O. The summed E-state index contributed by atoms with van der Waals surface area (Å²) < 4.78 is 18.6. The molecule has 4 aromatic rings. The second kappa shape index (κ2) is 11.7. The molecule has 8 heteroatoms. The van der Waals surface area contributed by atoms with Crippen LogP contribution in [0, 0.1) is 11.9 Å². The van der Waals surface area contributed by atoms with Crippen LogP contribution in [0.5, 0.6) is 0 Å². The monoisotopic (exact) mass is 502 g/mol. The second-order valence-corrected chi connectivity index (χ2v) is 10.1. The van der Waals surface area contributed by atoms with Gasteiger partial charge in [0, 0.05) is 12.1 Å². The number of nitrogens with zero attached hydrogens (tertiary/aromatic N) is 5. The number of nitrogens with one attached hydrogen (secondary N) is 1. The zero-order valence-electron chi connectivity index (χ0n) is 21.5. The Bertz CT molecular complexity index is 1350. The Kier molecular flexibility index (Phi) is 7.92. The highest BCUT2D eigenvalue weighted by atomic mass is 19.1. The van der Waals surface area contributed by atoms with Crippen LogP contribution in [-0.4, -0.2) is 29.8 Å². The van der Waals surface area contributed by atoms with E-state index in [1.165, 1.54) is 36.7 Å². The smallest absolute Gasteiger partial charge is 0.289 e. The van der Waals surface area contributed by atoms with Crippen molar-refractivity contribution in [3.8, 4) is 22.5 Å². The van der Waals surface area contributed by atoms with Gasteiger partial charge >= 0.3 is 5.69 Å². The zero-order valence-corrected chi connectivity index (χ0v) is 21.5. The van der Waals surface area contributed by atoms with E-state index in [2.05, 4.69) is 27.5 Å². The molecular weight excluding hydrogens is 467 g/mol. The lowest BCUT2D eigenvalue weighted by molar-refractivity contribution is 0.314. The minimum atomic E-state index is -0.347. The van der Waals surface area contributed by atoms with Crippen LogP contribution < -0.4 is 5.69 Å². The van der Waals surface area contributed by atoms with Gasteiger partial charge in [0.25, 0.3) is 0 Å². The maximum absolute atomic E-state index is 15.5. The van der Waals surface area contributed by atoms with Gasteiger partial charge in [-0.3, -0.25) is 9.13 Å². The topological polar surface area (TPSA) is 81.4 Å². The summed E-state index contributed by atoms with van der Waals surface area (Å²) in [5, 5.41) is 14.3. The molecule has 1 aliphatic rings. The van der Waals surface area contributed by atoms with E-state index in [9.17, 15) is 4.79 Å². The zero-order chi connectivity index (χ0) is 25.6. The highest BCUT2D eigenvalue weighted by Gasteiger charge is 2.21. The summed E-state index contributed by atoms with van der Waals surface area (Å²) in [6.45, 7) is 2.92. The third kappa shape index (κ3) is 5.58. The van der Waals surface area contributed by atoms with E-state index in [0.29, 0.717) is 36.9 Å². The Labute approximate surface area is 216 Å². The van der Waals surface area contributed by atoms with E-state index in [4.69, 9.17) is 0 Å². The number of unbranched alkanes of at least 4 members (excludes halogenated alkanes) is 1. The first-order chi connectivity index (χ1) is 18.2. The van der Waals surface area contributed by atoms with E-state index in [0.717, 1.165) is 41.5 Å². The SMILES string of the molecule is CCCCc1c(F)n(CCC2CCCCC2)c(=O)n1Cc1ccc(-c2ccccc2-c2nnn[nH]2)cc1. The van der Waals surface area contributed by atoms with Gasteiger partial charge in [-0.2, -0.15) is 4.39 Å². The van der Waals surface area contributed by atoms with E-state index in [-0.39, 0.29) is 11.6 Å². The molecule has 2 heterocycles. The number of aromatic nitrogens is 6. The first-order valence-corrected chi connectivity index (χ1v) is 13.6. The fourth-order valence-electron chi connectivity index (χ4n) is 5.53. The predicted octanol–water partition coefficient (Wildman–Crippen LogP) is 6.00. The number of halogens is 1. The van der Waals surface area contributed by atoms with Crippen molar-refractivity contribution < 1.29 is 4.39 Å². The Morgan fingerprint density at radius 1 is 1.00 bits per heavy atom. The molecule has 194 valence electrons. The van der Waals surface area contributed by atoms with Gasteiger partial charge in [-0.15, -0.1) is 5.10 Å². The molecule has 0 amide bonds. The average Bonchev–Trinajstić information content (AvgIpc) is 3.55. The Morgan fingerprint density at radius 2 is 1.76 bits per heavy atom. The molecule has 1 N–H and O–H groups in total. The van der Waals surface area contributed by atoms with Crippen molar-refractivity contribution >= 4 is 0 Å². The molecule has 0 radical (unpaired) electrons. The molecule has 2 aromatic heterocycles. The van der Waals surface area contributed by atoms with Gasteiger partial charge in [0.15, 0.2) is 5.82 Å². The van der Waals surface area contributed by atoms with Crippen molar-refractivity contribution in [3.05, 3.63) is 76.2 Å². The van der Waals surface area contributed by atoms with Gasteiger partial charge in [-0.05, 0) is 52.3 Å². The van der Waals surface area contributed by atoms with Crippen LogP contribution >= 0.6 is 0 Å². The van der Waals surface area contributed by atoms with Crippen molar-refractivity contribution in [1.29, 1.82) is 0 Å². The summed E-state index contributed by atoms with van der Waals surface area (Å²) in [6.07, 6.45) is 9.45. The fourth-order valence-corrected chi connectivity index (χ4v) is 5.53. The summed E-state index contributed by atoms with van der Waals surface area (Å²) in [5.74, 6) is 0.864. The molecule has 1 aliphatic carbocycles. The maximum Gasteiger partial charge on any atom is 0.330 e. The maximum atomic E-state index is 15.5. The lowest BCUT2D eigenvalue weighted by Gasteiger charge is -2.21. The molecule has 0 unspecified atom stereocenters. The number of H-pyrrole nitrogens is 1. The Hall–Kier alpha value is -3.55. The van der Waals surface area contributed by atoms with Crippen molar-refractivity contribution in [2.45, 2.75) is 77.8 Å². The van der Waals surface area contributed by atoms with Crippen molar-refractivity contribution in [3.63, 3.8) is 0 Å². The van der Waals surface area contributed by atoms with Gasteiger partial charge in [-0.25, -0.2) is 9.89 Å². The van der Waals surface area contributed by atoms with Crippen LogP contribution in [0.4, 0.5) is 4.39 Å². The van der Waals surface area contributed by atoms with E-state index < -0.39 is 0 Å². The van der Waals surface area contributed by atoms with Crippen molar-refractivity contribution in [2.24, 2.45) is 5.92 Å². The van der Waals surface area contributed by atoms with Crippen LogP contribution in [0.1, 0.15) is 69.5 Å². The van der Waals surface area contributed by atoms with Crippen LogP contribution in [0.15, 0.2) is 53.3 Å². The Morgan fingerprint density at radius 3 is 2.46 bits per heavy atom. The highest BCUT2D eigenvalue weighted by Crippen LogP contribution is 2.30. The number of benzene rings is 2. The number of rotatable bonds is 10. The molecule has 1 saturated carbocycles. The molecule has 5 rings (SSSR count). The third-order valence-electron chi connectivity index (χ3n) is 7.65. The van der Waals surface area contributed by atoms with Crippen LogP contribution in [-0.2, 0) is 19.5 Å². The summed E-state index contributed by atoms with van der Waals surface area (Å²) >= 11 is 0. The lowest BCUT2D eigenvalue weighted by Crippen LogP contribution is -2.27. The first kappa shape index (κ1) is 25.1. The van der Waals surface area contributed by atoms with Crippen LogP contribution in [0.2, 0.25) is 0 Å². The summed E-state index contributed by atoms with van der Waals surface area (Å²) in [4.78, 5) is 13.4. The number of aromatic amines is 1. The van der Waals surface area contributed by atoms with Crippen LogP contribution in [0.25, 0.3) is 22.5 Å². The number of tetrazole rings is 1. The largest absolute Gasteiger partial charge is 0.330 e. The molecule has 0 saturated heterocycles. The molecule has 2 aromatic carbocycles. The minimum absolute atomic E-state index is 0.230.